The van der Waals surface area contributed by atoms with E-state index in [4.69, 9.17) is 5.11 Å². The van der Waals surface area contributed by atoms with Crippen molar-refractivity contribution in [1.82, 2.24) is 0 Å². The van der Waals surface area contributed by atoms with E-state index in [0.29, 0.717) is 11.8 Å². The normalized spacial score (nSPS) is 16.6. The summed E-state index contributed by atoms with van der Waals surface area (Å²) in [5.41, 5.74) is 4.02. The van der Waals surface area contributed by atoms with Crippen LogP contribution >= 0.6 is 0 Å². The van der Waals surface area contributed by atoms with Crippen LogP contribution in [0.25, 0.3) is 0 Å². The lowest BCUT2D eigenvalue weighted by molar-refractivity contribution is 0.287. The zero-order valence-electron chi connectivity index (χ0n) is 15.7. The van der Waals surface area contributed by atoms with Gasteiger partial charge in [-0.05, 0) is 31.1 Å². The lowest BCUT2D eigenvalue weighted by Gasteiger charge is -2.18. The number of rotatable bonds is 11. The number of hydrogen-bond donors (Lipinski definition) is 1. The Morgan fingerprint density at radius 3 is 2.27 bits per heavy atom. The van der Waals surface area contributed by atoms with Gasteiger partial charge in [-0.15, -0.1) is 0 Å². The van der Waals surface area contributed by atoms with Crippen molar-refractivity contribution >= 4 is 8.07 Å². The molecule has 0 fully saturated rings. The van der Waals surface area contributed by atoms with Gasteiger partial charge in [0.2, 0.25) is 0 Å². The van der Waals surface area contributed by atoms with Crippen molar-refractivity contribution in [2.45, 2.75) is 72.5 Å². The maximum atomic E-state index is 9.11. The fraction of sp³-hybridized carbons (Fsp3) is 0.700. The first-order chi connectivity index (χ1) is 10.3. The van der Waals surface area contributed by atoms with E-state index in [9.17, 15) is 0 Å². The Morgan fingerprint density at radius 1 is 1.05 bits per heavy atom. The first-order valence-corrected chi connectivity index (χ1v) is 12.5. The molecule has 0 aromatic rings. The highest BCUT2D eigenvalue weighted by Crippen LogP contribution is 2.22. The highest BCUT2D eigenvalue weighted by molar-refractivity contribution is 6.81. The van der Waals surface area contributed by atoms with Crippen LogP contribution in [0.15, 0.2) is 35.6 Å². The van der Waals surface area contributed by atoms with E-state index in [1.54, 1.807) is 0 Å². The van der Waals surface area contributed by atoms with Gasteiger partial charge in [-0.1, -0.05) is 88.8 Å². The summed E-state index contributed by atoms with van der Waals surface area (Å²) in [6, 6.07) is 0. The van der Waals surface area contributed by atoms with Crippen LogP contribution < -0.4 is 0 Å². The number of unbranched alkanes of at least 4 members (excludes halogenated alkanes) is 2. The molecule has 2 heteroatoms. The van der Waals surface area contributed by atoms with Gasteiger partial charge in [-0.2, -0.15) is 0 Å². The number of allylic oxidation sites excluding steroid dienone is 5. The first kappa shape index (κ1) is 21.4. The predicted molar refractivity (Wildman–Crippen MR) is 104 cm³/mol. The van der Waals surface area contributed by atoms with E-state index in [-0.39, 0.29) is 6.61 Å². The van der Waals surface area contributed by atoms with Crippen molar-refractivity contribution in [3.63, 3.8) is 0 Å². The molecule has 1 nitrogen and oxygen atoms in total. The lowest BCUT2D eigenvalue weighted by atomic mass is 9.96. The molecule has 0 amide bonds. The van der Waals surface area contributed by atoms with Crippen LogP contribution in [0.1, 0.15) is 52.9 Å². The lowest BCUT2D eigenvalue weighted by Crippen LogP contribution is -2.18. The Bertz CT molecular complexity index is 360. The molecule has 0 unspecified atom stereocenters. The van der Waals surface area contributed by atoms with Crippen molar-refractivity contribution in [1.29, 1.82) is 0 Å². The maximum Gasteiger partial charge on any atom is 0.0686 e. The quantitative estimate of drug-likeness (QED) is 0.275. The second-order valence-electron chi connectivity index (χ2n) is 7.52. The molecule has 0 radical (unpaired) electrons. The van der Waals surface area contributed by atoms with E-state index >= 15 is 0 Å². The molecule has 2 atom stereocenters. The van der Waals surface area contributed by atoms with E-state index < -0.39 is 8.07 Å². The van der Waals surface area contributed by atoms with Crippen LogP contribution in [0.5, 0.6) is 0 Å². The molecule has 1 N–H and O–H groups in total. The second kappa shape index (κ2) is 11.9. The summed E-state index contributed by atoms with van der Waals surface area (Å²) < 4.78 is 0. The van der Waals surface area contributed by atoms with Crippen molar-refractivity contribution in [2.75, 3.05) is 6.61 Å². The maximum absolute atomic E-state index is 9.11. The summed E-state index contributed by atoms with van der Waals surface area (Å²) in [7, 11) is -1.21. The van der Waals surface area contributed by atoms with Gasteiger partial charge in [0.05, 0.1) is 8.07 Å². The molecule has 0 bridgehead atoms. The van der Waals surface area contributed by atoms with Crippen LogP contribution in [-0.2, 0) is 0 Å². The van der Waals surface area contributed by atoms with Gasteiger partial charge in [-0.3, -0.25) is 0 Å². The fourth-order valence-electron chi connectivity index (χ4n) is 2.43. The number of aliphatic hydroxyl groups is 1. The van der Waals surface area contributed by atoms with Gasteiger partial charge in [0.25, 0.3) is 0 Å². The fourth-order valence-corrected chi connectivity index (χ4v) is 3.95. The van der Waals surface area contributed by atoms with Gasteiger partial charge >= 0.3 is 0 Å². The molecular formula is C20H38OSi. The molecule has 0 aromatic heterocycles. The van der Waals surface area contributed by atoms with E-state index in [0.717, 1.165) is 12.8 Å². The van der Waals surface area contributed by atoms with Crippen molar-refractivity contribution < 1.29 is 5.11 Å². The topological polar surface area (TPSA) is 20.2 Å². The molecule has 0 aromatic carbocycles. The smallest absolute Gasteiger partial charge is 0.0686 e. The largest absolute Gasteiger partial charge is 0.396 e. The Labute approximate surface area is 140 Å². The highest BCUT2D eigenvalue weighted by atomic mass is 28.3. The van der Waals surface area contributed by atoms with Gasteiger partial charge in [-0.25, -0.2) is 0 Å². The molecule has 0 aliphatic heterocycles. The Hall–Kier alpha value is -0.603. The van der Waals surface area contributed by atoms with Crippen molar-refractivity contribution in [3.8, 4) is 0 Å². The van der Waals surface area contributed by atoms with Crippen LogP contribution in [0.2, 0.25) is 19.6 Å². The molecule has 128 valence electrons. The molecule has 0 aliphatic rings. The Morgan fingerprint density at radius 2 is 1.73 bits per heavy atom. The van der Waals surface area contributed by atoms with E-state index in [1.165, 1.54) is 24.8 Å². The minimum absolute atomic E-state index is 0.288. The number of hydrogen-bond acceptors (Lipinski definition) is 1. The summed E-state index contributed by atoms with van der Waals surface area (Å²) in [4.78, 5) is 0. The van der Waals surface area contributed by atoms with Crippen LogP contribution in [-0.4, -0.2) is 19.8 Å². The Kier molecular flexibility index (Phi) is 11.6. The van der Waals surface area contributed by atoms with Gasteiger partial charge in [0.15, 0.2) is 0 Å². The van der Waals surface area contributed by atoms with Gasteiger partial charge < -0.3 is 5.11 Å². The molecule has 22 heavy (non-hydrogen) atoms. The zero-order chi connectivity index (χ0) is 17.0. The van der Waals surface area contributed by atoms with Crippen molar-refractivity contribution in [2.24, 2.45) is 11.8 Å². The third kappa shape index (κ3) is 12.0. The molecular weight excluding hydrogens is 284 g/mol. The molecule has 0 heterocycles. The molecule has 0 rings (SSSR count). The summed E-state index contributed by atoms with van der Waals surface area (Å²) >= 11 is 0. The second-order valence-corrected chi connectivity index (χ2v) is 12.5. The third-order valence-corrected chi connectivity index (χ3v) is 4.93. The van der Waals surface area contributed by atoms with E-state index in [1.807, 2.05) is 0 Å². The minimum atomic E-state index is -1.21. The molecule has 0 aliphatic carbocycles. The van der Waals surface area contributed by atoms with Crippen LogP contribution in [0.3, 0.4) is 0 Å². The molecule has 0 saturated carbocycles. The van der Waals surface area contributed by atoms with Gasteiger partial charge in [0, 0.05) is 6.61 Å². The van der Waals surface area contributed by atoms with Crippen molar-refractivity contribution in [3.05, 3.63) is 35.6 Å². The highest BCUT2D eigenvalue weighted by Gasteiger charge is 2.14. The average Bonchev–Trinajstić information content (AvgIpc) is 2.44. The average molecular weight is 323 g/mol. The Balaban J connectivity index is 4.66. The standard InChI is InChI=1S/C20H38OSi/c1-7-8-9-10-12-18(2)14-15-19(3)20(13-11-16-21)17-22(4,5)6/h10,12,14-15,17-19,21H,7-9,11,13,16H2,1-6H3/b12-10-,15-14+,20-17+/t18-,19-/m1/s1. The molecule has 0 spiro atoms. The minimum Gasteiger partial charge on any atom is -0.396 e. The predicted octanol–water partition coefficient (Wildman–Crippen LogP) is 6.14. The van der Waals surface area contributed by atoms with Gasteiger partial charge in [0.1, 0.15) is 0 Å². The monoisotopic (exact) mass is 322 g/mol. The SMILES string of the molecule is CCCC/C=C\[C@@H](C)/C=C/[C@@H](C)/C(=C/[Si](C)(C)C)CCCO. The summed E-state index contributed by atoms with van der Waals surface area (Å²) in [6.45, 7) is 14.2. The van der Waals surface area contributed by atoms with Crippen LogP contribution in [0.4, 0.5) is 0 Å². The van der Waals surface area contributed by atoms with Crippen LogP contribution in [0, 0.1) is 11.8 Å². The molecule has 0 saturated heterocycles. The number of aliphatic hydroxyl groups excluding tert-OH is 1. The summed E-state index contributed by atoms with van der Waals surface area (Å²) in [5.74, 6) is 0.982. The first-order valence-electron chi connectivity index (χ1n) is 8.97. The zero-order valence-corrected chi connectivity index (χ0v) is 16.7. The third-order valence-electron chi connectivity index (χ3n) is 3.69. The summed E-state index contributed by atoms with van der Waals surface area (Å²) in [6.07, 6.45) is 14.9. The van der Waals surface area contributed by atoms with E-state index in [2.05, 4.69) is 70.4 Å². The summed E-state index contributed by atoms with van der Waals surface area (Å²) in [5, 5.41) is 9.11.